The van der Waals surface area contributed by atoms with E-state index in [1.807, 2.05) is 72.8 Å². The molecule has 0 aliphatic carbocycles. The van der Waals surface area contributed by atoms with Crippen LogP contribution in [0.5, 0.6) is 0 Å². The lowest BCUT2D eigenvalue weighted by Crippen LogP contribution is -2.58. The first kappa shape index (κ1) is 26.6. The Balaban J connectivity index is 1.62. The number of amides is 1. The first-order chi connectivity index (χ1) is 19.0. The number of esters is 2. The minimum atomic E-state index is -1.38. The summed E-state index contributed by atoms with van der Waals surface area (Å²) in [4.78, 5) is 42.3. The Hall–Kier alpha value is -4.01. The molecule has 1 amide bonds. The first-order valence-electron chi connectivity index (χ1n) is 13.0. The highest BCUT2D eigenvalue weighted by Crippen LogP contribution is 2.48. The van der Waals surface area contributed by atoms with Gasteiger partial charge in [-0.05, 0) is 30.0 Å². The highest BCUT2D eigenvalue weighted by Gasteiger charge is 2.60. The van der Waals surface area contributed by atoms with Crippen molar-refractivity contribution in [3.8, 4) is 0 Å². The number of benzene rings is 2. The molecule has 0 spiro atoms. The van der Waals surface area contributed by atoms with Crippen molar-refractivity contribution < 1.29 is 28.6 Å². The Morgan fingerprint density at radius 1 is 0.974 bits per heavy atom. The smallest absolute Gasteiger partial charge is 0.337 e. The molecule has 0 saturated heterocycles. The number of nitrogens with zero attached hydrogens (tertiary/aromatic N) is 1. The van der Waals surface area contributed by atoms with E-state index in [2.05, 4.69) is 5.32 Å². The van der Waals surface area contributed by atoms with E-state index in [1.54, 1.807) is 17.1 Å². The second-order valence-electron chi connectivity index (χ2n) is 9.79. The molecule has 3 aliphatic rings. The van der Waals surface area contributed by atoms with Crippen molar-refractivity contribution in [2.75, 3.05) is 20.8 Å². The molecule has 8 nitrogen and oxygen atoms in total. The number of carbonyl (C=O) groups excluding carboxylic acids is 3. The van der Waals surface area contributed by atoms with Crippen LogP contribution in [0.25, 0.3) is 0 Å². The molecule has 202 valence electrons. The molecule has 39 heavy (non-hydrogen) atoms. The van der Waals surface area contributed by atoms with Crippen LogP contribution in [0.1, 0.15) is 17.5 Å². The maximum Gasteiger partial charge on any atom is 0.337 e. The maximum absolute atomic E-state index is 14.4. The van der Waals surface area contributed by atoms with E-state index < -0.39 is 35.7 Å². The van der Waals surface area contributed by atoms with Gasteiger partial charge in [-0.15, -0.1) is 0 Å². The van der Waals surface area contributed by atoms with Gasteiger partial charge in [-0.1, -0.05) is 78.9 Å². The highest BCUT2D eigenvalue weighted by molar-refractivity contribution is 6.05. The Kier molecular flexibility index (Phi) is 7.77. The van der Waals surface area contributed by atoms with Crippen LogP contribution in [0.15, 0.2) is 96.1 Å². The van der Waals surface area contributed by atoms with Crippen LogP contribution in [-0.4, -0.2) is 67.3 Å². The lowest BCUT2D eigenvalue weighted by Gasteiger charge is -2.42. The molecule has 1 N–H and O–H groups in total. The van der Waals surface area contributed by atoms with Gasteiger partial charge in [-0.2, -0.15) is 0 Å². The minimum Gasteiger partial charge on any atom is -0.466 e. The molecule has 8 heteroatoms. The summed E-state index contributed by atoms with van der Waals surface area (Å²) in [5.74, 6) is -1.46. The molecule has 2 aromatic rings. The second kappa shape index (κ2) is 11.4. The molecular weight excluding hydrogens is 496 g/mol. The largest absolute Gasteiger partial charge is 0.466 e. The highest BCUT2D eigenvalue weighted by atomic mass is 16.6. The monoisotopic (exact) mass is 528 g/mol. The number of nitrogens with one attached hydrogen (secondary N) is 1. The first-order valence-corrected chi connectivity index (χ1v) is 13.0. The van der Waals surface area contributed by atoms with Gasteiger partial charge in [0.2, 0.25) is 5.91 Å². The fourth-order valence-electron chi connectivity index (χ4n) is 5.70. The van der Waals surface area contributed by atoms with Crippen molar-refractivity contribution in [2.24, 2.45) is 0 Å². The van der Waals surface area contributed by atoms with E-state index in [9.17, 15) is 14.4 Å². The normalized spacial score (nSPS) is 26.3. The van der Waals surface area contributed by atoms with Crippen molar-refractivity contribution >= 4 is 17.8 Å². The molecule has 0 fully saturated rings. The van der Waals surface area contributed by atoms with Crippen LogP contribution in [-0.2, 0) is 41.6 Å². The summed E-state index contributed by atoms with van der Waals surface area (Å²) in [5, 5.41) is 3.39. The van der Waals surface area contributed by atoms with Crippen molar-refractivity contribution in [2.45, 2.75) is 43.2 Å². The van der Waals surface area contributed by atoms with Gasteiger partial charge in [0, 0.05) is 13.1 Å². The zero-order valence-electron chi connectivity index (χ0n) is 22.0. The Bertz CT molecular complexity index is 1320. The van der Waals surface area contributed by atoms with E-state index in [4.69, 9.17) is 14.2 Å². The number of fused-ring (bicyclic) bond motifs is 2. The number of hydrogen-bond donors (Lipinski definition) is 1. The molecule has 0 aromatic heterocycles. The summed E-state index contributed by atoms with van der Waals surface area (Å²) in [5.41, 5.74) is 0.781. The number of ether oxygens (including phenoxy) is 3. The fraction of sp³-hybridized carbons (Fsp3) is 0.323. The summed E-state index contributed by atoms with van der Waals surface area (Å²) >= 11 is 0. The third-order valence-corrected chi connectivity index (χ3v) is 7.52. The quantitative estimate of drug-likeness (QED) is 0.436. The van der Waals surface area contributed by atoms with E-state index in [-0.39, 0.29) is 23.6 Å². The average Bonchev–Trinajstić information content (AvgIpc) is 3.56. The minimum absolute atomic E-state index is 0.0837. The van der Waals surface area contributed by atoms with E-state index in [0.29, 0.717) is 19.4 Å². The Labute approximate surface area is 227 Å². The molecule has 2 aromatic carbocycles. The van der Waals surface area contributed by atoms with Crippen molar-refractivity contribution in [3.63, 3.8) is 0 Å². The number of rotatable bonds is 7. The van der Waals surface area contributed by atoms with Gasteiger partial charge in [-0.3, -0.25) is 4.79 Å². The number of carbonyl (C=O) groups is 3. The van der Waals surface area contributed by atoms with Crippen molar-refractivity contribution in [1.82, 2.24) is 10.2 Å². The summed E-state index contributed by atoms with van der Waals surface area (Å²) in [6.07, 6.45) is 7.62. The van der Waals surface area contributed by atoms with Crippen LogP contribution in [0.2, 0.25) is 0 Å². The molecule has 3 heterocycles. The van der Waals surface area contributed by atoms with E-state index >= 15 is 0 Å². The zero-order valence-corrected chi connectivity index (χ0v) is 22.0. The topological polar surface area (TPSA) is 94.2 Å². The SMILES string of the molecule is COC(=O)C1=C(C(=O)OC)[C@]2(C3CC=CCNC(Cc4ccccc4)C(=O)N3Cc3ccccc3)C=CC1O2. The zero-order chi connectivity index (χ0) is 27.4. The molecule has 0 saturated carbocycles. The van der Waals surface area contributed by atoms with Crippen LogP contribution >= 0.6 is 0 Å². The van der Waals surface area contributed by atoms with Crippen molar-refractivity contribution in [1.29, 1.82) is 0 Å². The number of hydrogen-bond acceptors (Lipinski definition) is 7. The predicted molar refractivity (Wildman–Crippen MR) is 144 cm³/mol. The third kappa shape index (κ3) is 5.05. The lowest BCUT2D eigenvalue weighted by atomic mass is 9.79. The van der Waals surface area contributed by atoms with Gasteiger partial charge in [0.05, 0.1) is 37.4 Å². The molecular formula is C31H32N2O6. The Morgan fingerprint density at radius 3 is 2.31 bits per heavy atom. The summed E-state index contributed by atoms with van der Waals surface area (Å²) in [6, 6.07) is 18.4. The summed E-state index contributed by atoms with van der Waals surface area (Å²) < 4.78 is 16.6. The van der Waals surface area contributed by atoms with Gasteiger partial charge < -0.3 is 24.4 Å². The van der Waals surface area contributed by atoms with Crippen LogP contribution in [0.3, 0.4) is 0 Å². The van der Waals surface area contributed by atoms with Gasteiger partial charge >= 0.3 is 11.9 Å². The lowest BCUT2D eigenvalue weighted by molar-refractivity contribution is -0.146. The molecule has 3 aliphatic heterocycles. The second-order valence-corrected chi connectivity index (χ2v) is 9.79. The average molecular weight is 529 g/mol. The van der Waals surface area contributed by atoms with Crippen LogP contribution < -0.4 is 5.32 Å². The van der Waals surface area contributed by atoms with Gasteiger partial charge in [0.25, 0.3) is 0 Å². The summed E-state index contributed by atoms with van der Waals surface area (Å²) in [6.45, 7) is 0.797. The maximum atomic E-state index is 14.4. The van der Waals surface area contributed by atoms with E-state index in [1.165, 1.54) is 14.2 Å². The van der Waals surface area contributed by atoms with E-state index in [0.717, 1.165) is 11.1 Å². The summed E-state index contributed by atoms with van der Waals surface area (Å²) in [7, 11) is 2.53. The van der Waals surface area contributed by atoms with Gasteiger partial charge in [-0.25, -0.2) is 9.59 Å². The number of methoxy groups -OCH3 is 2. The van der Waals surface area contributed by atoms with Gasteiger partial charge in [0.15, 0.2) is 0 Å². The van der Waals surface area contributed by atoms with Gasteiger partial charge in [0.1, 0.15) is 11.7 Å². The van der Waals surface area contributed by atoms with Crippen LogP contribution in [0, 0.1) is 0 Å². The molecule has 0 radical (unpaired) electrons. The molecule has 4 atom stereocenters. The standard InChI is InChI=1S/C31H32N2O6/c1-37-29(35)26-24-16-17-31(39-24,27(26)30(36)38-2)25-15-9-10-18-32-23(19-21-11-5-3-6-12-21)28(34)33(25)20-22-13-7-4-8-14-22/h3-14,16-17,23-25,32H,15,18-20H2,1-2H3/t23?,24?,25?,31-/m1/s1. The predicted octanol–water partition coefficient (Wildman–Crippen LogP) is 2.89. The third-order valence-electron chi connectivity index (χ3n) is 7.52. The van der Waals surface area contributed by atoms with Crippen LogP contribution in [0.4, 0.5) is 0 Å². The van der Waals surface area contributed by atoms with Crippen molar-refractivity contribution in [3.05, 3.63) is 107 Å². The fourth-order valence-corrected chi connectivity index (χ4v) is 5.70. The molecule has 3 unspecified atom stereocenters. The Morgan fingerprint density at radius 2 is 1.64 bits per heavy atom. The molecule has 2 bridgehead atoms. The molecule has 5 rings (SSSR count).